The second-order valence-electron chi connectivity index (χ2n) is 7.53. The third-order valence-electron chi connectivity index (χ3n) is 5.46. The predicted octanol–water partition coefficient (Wildman–Crippen LogP) is 0.748. The van der Waals surface area contributed by atoms with E-state index in [9.17, 15) is 30.0 Å². The minimum absolute atomic E-state index is 0.0447. The highest BCUT2D eigenvalue weighted by Gasteiger charge is 2.48. The molecule has 11 nitrogen and oxygen atoms in total. The molecule has 2 heterocycles. The van der Waals surface area contributed by atoms with Crippen LogP contribution >= 0.6 is 0 Å². The highest BCUT2D eigenvalue weighted by Crippen LogP contribution is 2.35. The molecule has 4 N–H and O–H groups in total. The van der Waals surface area contributed by atoms with Crippen LogP contribution in [0.25, 0.3) is 22.3 Å². The van der Waals surface area contributed by atoms with Crippen molar-refractivity contribution in [2.75, 3.05) is 14.2 Å². The summed E-state index contributed by atoms with van der Waals surface area (Å²) in [5, 5.41) is 39.8. The van der Waals surface area contributed by atoms with Gasteiger partial charge in [-0.25, -0.2) is 4.79 Å². The van der Waals surface area contributed by atoms with Gasteiger partial charge in [-0.05, 0) is 36.4 Å². The lowest BCUT2D eigenvalue weighted by atomic mass is 9.99. The van der Waals surface area contributed by atoms with Crippen molar-refractivity contribution in [3.63, 3.8) is 0 Å². The molecule has 3 aromatic rings. The van der Waals surface area contributed by atoms with Gasteiger partial charge in [-0.3, -0.25) is 4.79 Å². The molecule has 0 saturated carbocycles. The Kier molecular flexibility index (Phi) is 6.44. The zero-order valence-electron chi connectivity index (χ0n) is 18.1. The number of hydrogen-bond acceptors (Lipinski definition) is 10. The molecule has 0 bridgehead atoms. The molecule has 2 aromatic carbocycles. The number of rotatable bonds is 6. The van der Waals surface area contributed by atoms with Crippen LogP contribution in [0.5, 0.6) is 17.2 Å². The first-order chi connectivity index (χ1) is 16.2. The predicted molar refractivity (Wildman–Crippen MR) is 116 cm³/mol. The van der Waals surface area contributed by atoms with Crippen LogP contribution in [0, 0.1) is 0 Å². The number of fused-ring (bicyclic) bond motifs is 1. The molecule has 0 amide bonds. The van der Waals surface area contributed by atoms with Crippen molar-refractivity contribution >= 4 is 16.9 Å². The van der Waals surface area contributed by atoms with Crippen molar-refractivity contribution in [2.45, 2.75) is 30.7 Å². The van der Waals surface area contributed by atoms with Crippen LogP contribution in [-0.4, -0.2) is 71.3 Å². The molecular formula is C23H22O11. The fourth-order valence-corrected chi connectivity index (χ4v) is 3.59. The lowest BCUT2D eigenvalue weighted by Crippen LogP contribution is -2.61. The van der Waals surface area contributed by atoms with Crippen LogP contribution in [0.4, 0.5) is 0 Å². The van der Waals surface area contributed by atoms with E-state index in [4.69, 9.17) is 23.4 Å². The molecule has 34 heavy (non-hydrogen) atoms. The van der Waals surface area contributed by atoms with Crippen LogP contribution in [0.1, 0.15) is 0 Å². The Balaban J connectivity index is 1.85. The number of aliphatic hydroxyl groups is 3. The van der Waals surface area contributed by atoms with E-state index in [1.54, 1.807) is 30.3 Å². The Morgan fingerprint density at radius 1 is 0.912 bits per heavy atom. The van der Waals surface area contributed by atoms with E-state index in [1.807, 2.05) is 0 Å². The quantitative estimate of drug-likeness (QED) is 0.398. The standard InChI is InChI=1S/C23H22O11/c1-30-11-5-3-10(4-6-11)19-20(15(24)13-8-7-12(31-2)9-14(13)32-19)33-23-18(27)16(25)17(26)21(34-23)22(28)29/h3-9,16-18,21,23,25-27H,1-2H3,(H,28,29)/t16-,17-,18+,21-,23?/m0/s1. The monoisotopic (exact) mass is 474 g/mol. The fourth-order valence-electron chi connectivity index (χ4n) is 3.59. The number of hydrogen-bond donors (Lipinski definition) is 4. The van der Waals surface area contributed by atoms with Gasteiger partial charge in [0.05, 0.1) is 19.6 Å². The molecule has 1 aliphatic rings. The molecule has 0 spiro atoms. The van der Waals surface area contributed by atoms with Gasteiger partial charge in [0, 0.05) is 11.6 Å². The molecular weight excluding hydrogens is 452 g/mol. The molecule has 1 fully saturated rings. The maximum Gasteiger partial charge on any atom is 0.335 e. The minimum Gasteiger partial charge on any atom is -0.497 e. The Bertz CT molecular complexity index is 1250. The third kappa shape index (κ3) is 4.17. The van der Waals surface area contributed by atoms with Crippen molar-refractivity contribution in [3.8, 4) is 28.6 Å². The second kappa shape index (κ2) is 9.31. The van der Waals surface area contributed by atoms with Crippen molar-refractivity contribution in [1.29, 1.82) is 0 Å². The fraction of sp³-hybridized carbons (Fsp3) is 0.304. The molecule has 11 heteroatoms. The van der Waals surface area contributed by atoms with E-state index >= 15 is 0 Å². The first-order valence-electron chi connectivity index (χ1n) is 10.1. The SMILES string of the molecule is COc1ccc(-c2oc3cc(OC)ccc3c(=O)c2OC2O[C@H](C(=O)O)[C@@H](O)[C@H](O)[C@H]2O)cc1. The number of benzene rings is 2. The normalized spacial score (nSPS) is 24.6. The number of carboxylic acids is 1. The number of methoxy groups -OCH3 is 2. The Hall–Kier alpha value is -3.64. The Morgan fingerprint density at radius 3 is 2.18 bits per heavy atom. The summed E-state index contributed by atoms with van der Waals surface area (Å²) in [5.74, 6) is -1.03. The summed E-state index contributed by atoms with van der Waals surface area (Å²) in [5.41, 5.74) is -0.0530. The van der Waals surface area contributed by atoms with E-state index < -0.39 is 42.1 Å². The van der Waals surface area contributed by atoms with Crippen LogP contribution in [0.3, 0.4) is 0 Å². The van der Waals surface area contributed by atoms with Gasteiger partial charge in [-0.15, -0.1) is 0 Å². The molecule has 0 radical (unpaired) electrons. The number of ether oxygens (including phenoxy) is 4. The van der Waals surface area contributed by atoms with Gasteiger partial charge in [0.2, 0.25) is 17.5 Å². The topological polar surface area (TPSA) is 165 Å². The van der Waals surface area contributed by atoms with Gasteiger partial charge in [0.1, 0.15) is 35.4 Å². The highest BCUT2D eigenvalue weighted by atomic mass is 16.7. The van der Waals surface area contributed by atoms with E-state index in [2.05, 4.69) is 0 Å². The van der Waals surface area contributed by atoms with Gasteiger partial charge in [-0.1, -0.05) is 0 Å². The molecule has 0 aliphatic carbocycles. The number of carbonyl (C=O) groups is 1. The largest absolute Gasteiger partial charge is 0.497 e. The molecule has 180 valence electrons. The molecule has 1 saturated heterocycles. The molecule has 1 unspecified atom stereocenters. The number of aliphatic hydroxyl groups excluding tert-OH is 3. The maximum absolute atomic E-state index is 13.4. The molecule has 4 rings (SSSR count). The highest BCUT2D eigenvalue weighted by molar-refractivity contribution is 5.83. The average molecular weight is 474 g/mol. The Labute approximate surface area is 192 Å². The summed E-state index contributed by atoms with van der Waals surface area (Å²) in [6.07, 6.45) is -9.37. The summed E-state index contributed by atoms with van der Waals surface area (Å²) in [6, 6.07) is 11.0. The van der Waals surface area contributed by atoms with Crippen LogP contribution in [-0.2, 0) is 9.53 Å². The maximum atomic E-state index is 13.4. The van der Waals surface area contributed by atoms with E-state index in [-0.39, 0.29) is 22.5 Å². The van der Waals surface area contributed by atoms with Crippen LogP contribution in [0.15, 0.2) is 51.7 Å². The summed E-state index contributed by atoms with van der Waals surface area (Å²) in [4.78, 5) is 24.8. The van der Waals surface area contributed by atoms with E-state index in [1.165, 1.54) is 26.4 Å². The summed E-state index contributed by atoms with van der Waals surface area (Å²) >= 11 is 0. The molecule has 1 aliphatic heterocycles. The van der Waals surface area contributed by atoms with Crippen molar-refractivity contribution in [3.05, 3.63) is 52.7 Å². The van der Waals surface area contributed by atoms with E-state index in [0.717, 1.165) is 0 Å². The minimum atomic E-state index is -1.91. The second-order valence-corrected chi connectivity index (χ2v) is 7.53. The first kappa shape index (κ1) is 23.5. The summed E-state index contributed by atoms with van der Waals surface area (Å²) in [7, 11) is 2.95. The van der Waals surface area contributed by atoms with Gasteiger partial charge >= 0.3 is 5.97 Å². The average Bonchev–Trinajstić information content (AvgIpc) is 2.85. The van der Waals surface area contributed by atoms with Crippen LogP contribution in [0.2, 0.25) is 0 Å². The van der Waals surface area contributed by atoms with Crippen molar-refractivity contribution in [1.82, 2.24) is 0 Å². The summed E-state index contributed by atoms with van der Waals surface area (Å²) in [6.45, 7) is 0. The van der Waals surface area contributed by atoms with Gasteiger partial charge in [0.15, 0.2) is 11.9 Å². The lowest BCUT2D eigenvalue weighted by Gasteiger charge is -2.38. The number of carboxylic acid groups (broad SMARTS) is 1. The summed E-state index contributed by atoms with van der Waals surface area (Å²) < 4.78 is 27.1. The zero-order valence-corrected chi connectivity index (χ0v) is 18.1. The lowest BCUT2D eigenvalue weighted by molar-refractivity contribution is -0.271. The van der Waals surface area contributed by atoms with E-state index in [0.29, 0.717) is 17.1 Å². The zero-order chi connectivity index (χ0) is 24.6. The van der Waals surface area contributed by atoms with Crippen LogP contribution < -0.4 is 19.6 Å². The number of aliphatic carboxylic acids is 1. The smallest absolute Gasteiger partial charge is 0.335 e. The van der Waals surface area contributed by atoms with Gasteiger partial charge in [-0.2, -0.15) is 0 Å². The van der Waals surface area contributed by atoms with Gasteiger partial charge < -0.3 is 43.8 Å². The molecule has 1 aromatic heterocycles. The van der Waals surface area contributed by atoms with Crippen molar-refractivity contribution < 1.29 is 48.6 Å². The van der Waals surface area contributed by atoms with Crippen molar-refractivity contribution in [2.24, 2.45) is 0 Å². The van der Waals surface area contributed by atoms with Gasteiger partial charge in [0.25, 0.3) is 0 Å². The first-order valence-corrected chi connectivity index (χ1v) is 10.1. The third-order valence-corrected chi connectivity index (χ3v) is 5.46. The Morgan fingerprint density at radius 2 is 1.56 bits per heavy atom. The molecule has 5 atom stereocenters.